The fourth-order valence-corrected chi connectivity index (χ4v) is 3.64. The van der Waals surface area contributed by atoms with Gasteiger partial charge < -0.3 is 9.84 Å². The summed E-state index contributed by atoms with van der Waals surface area (Å²) in [6.07, 6.45) is 4.55. The van der Waals surface area contributed by atoms with Gasteiger partial charge in [-0.1, -0.05) is 43.5 Å². The van der Waals surface area contributed by atoms with Gasteiger partial charge in [-0.15, -0.1) is 0 Å². The molecule has 0 unspecified atom stereocenters. The van der Waals surface area contributed by atoms with Crippen molar-refractivity contribution in [3.8, 4) is 46.3 Å². The van der Waals surface area contributed by atoms with Gasteiger partial charge in [0.1, 0.15) is 17.1 Å². The van der Waals surface area contributed by atoms with E-state index in [2.05, 4.69) is 80.5 Å². The summed E-state index contributed by atoms with van der Waals surface area (Å²) >= 11 is 0. The second-order valence-electron chi connectivity index (χ2n) is 8.12. The zero-order valence-corrected chi connectivity index (χ0v) is 19.3. The van der Waals surface area contributed by atoms with Gasteiger partial charge >= 0.3 is 49.7 Å². The quantitative estimate of drug-likeness (QED) is 0.367. The van der Waals surface area contributed by atoms with Gasteiger partial charge in [-0.3, -0.25) is 0 Å². The van der Waals surface area contributed by atoms with Gasteiger partial charge in [-0.2, -0.15) is 0 Å². The Morgan fingerprint density at radius 1 is 1.13 bits per heavy atom. The van der Waals surface area contributed by atoms with E-state index in [0.29, 0.717) is 12.3 Å². The predicted octanol–water partition coefficient (Wildman–Crippen LogP) is 6.09. The van der Waals surface area contributed by atoms with Crippen molar-refractivity contribution in [3.05, 3.63) is 47.0 Å². The van der Waals surface area contributed by atoms with Gasteiger partial charge in [-0.25, -0.2) is 0 Å². The molecule has 159 valence electrons. The minimum atomic E-state index is -0.384. The molecule has 4 heteroatoms. The van der Waals surface area contributed by atoms with Crippen molar-refractivity contribution in [1.29, 1.82) is 0 Å². The number of hydrogen-bond acceptors (Lipinski definition) is 3. The van der Waals surface area contributed by atoms with Crippen molar-refractivity contribution in [2.75, 3.05) is 6.54 Å². The molecule has 0 saturated carbocycles. The van der Waals surface area contributed by atoms with Crippen LogP contribution >= 0.6 is 0 Å². The molecule has 1 N–H and O–H groups in total. The van der Waals surface area contributed by atoms with Gasteiger partial charge in [0.2, 0.25) is 0 Å². The molecule has 2 aromatic carbocycles. The average Bonchev–Trinajstić information content (AvgIpc) is 2.71. The second-order valence-corrected chi connectivity index (χ2v) is 8.12. The van der Waals surface area contributed by atoms with Crippen molar-refractivity contribution >= 4 is 7.64 Å². The number of aromatic hydroxyl groups is 1. The molecule has 0 bridgehead atoms. The molecule has 0 aromatic heterocycles. The Morgan fingerprint density at radius 2 is 1.90 bits per heavy atom. The molecule has 0 aliphatic carbocycles. The standard InChI is InChI=1S/C21H26O2.C6H5BN/c1-5-6-7-8-15-12-18(22)20-16-11-14(2)9-10-17(16)21(3,4)23-19(20)13-15;1-2-3-4-5-6-8-7/h9-13,22H,5-8H2,1-4H3;6H2,1H3. The molecule has 3 nitrogen and oxygen atoms in total. The zero-order valence-electron chi connectivity index (χ0n) is 19.3. The van der Waals surface area contributed by atoms with Crippen LogP contribution in [0.2, 0.25) is 0 Å². The van der Waals surface area contributed by atoms with Crippen LogP contribution in [0.15, 0.2) is 35.2 Å². The van der Waals surface area contributed by atoms with E-state index in [1.807, 2.05) is 6.07 Å². The van der Waals surface area contributed by atoms with Crippen LogP contribution in [-0.2, 0) is 12.0 Å². The maximum absolute atomic E-state index is 10.6. The Balaban J connectivity index is 0.000000366. The number of fused-ring (bicyclic) bond motifs is 3. The molecule has 0 saturated heterocycles. The molecule has 1 aliphatic rings. The van der Waals surface area contributed by atoms with Crippen LogP contribution in [0, 0.1) is 30.6 Å². The van der Waals surface area contributed by atoms with E-state index in [-0.39, 0.29) is 5.60 Å². The summed E-state index contributed by atoms with van der Waals surface area (Å²) in [4.78, 5) is 3.27. The predicted molar refractivity (Wildman–Crippen MR) is 129 cm³/mol. The molecule has 1 aliphatic heterocycles. The van der Waals surface area contributed by atoms with E-state index in [1.165, 1.54) is 18.4 Å². The second kappa shape index (κ2) is 11.4. The molecular formula is C27H31BNO2. The maximum atomic E-state index is 10.6. The van der Waals surface area contributed by atoms with Crippen molar-refractivity contribution in [3.63, 3.8) is 0 Å². The van der Waals surface area contributed by atoms with Crippen molar-refractivity contribution < 1.29 is 9.84 Å². The molecule has 31 heavy (non-hydrogen) atoms. The van der Waals surface area contributed by atoms with Gasteiger partial charge in [-0.05, 0) is 56.9 Å². The summed E-state index contributed by atoms with van der Waals surface area (Å²) in [5.74, 6) is 11.5. The first-order valence-electron chi connectivity index (χ1n) is 10.8. The van der Waals surface area contributed by atoms with Crippen LogP contribution in [-0.4, -0.2) is 19.3 Å². The van der Waals surface area contributed by atoms with Gasteiger partial charge in [0, 0.05) is 5.56 Å². The fourth-order valence-electron chi connectivity index (χ4n) is 3.64. The van der Waals surface area contributed by atoms with E-state index in [0.717, 1.165) is 40.8 Å². The summed E-state index contributed by atoms with van der Waals surface area (Å²) in [6, 6.07) is 10.4. The van der Waals surface area contributed by atoms with E-state index >= 15 is 0 Å². The number of phenols is 1. The van der Waals surface area contributed by atoms with Gasteiger partial charge in [0.15, 0.2) is 0 Å². The van der Waals surface area contributed by atoms with Crippen LogP contribution in [0.25, 0.3) is 11.1 Å². The Bertz CT molecular complexity index is 1050. The first kappa shape index (κ1) is 24.3. The third kappa shape index (κ3) is 6.50. The van der Waals surface area contributed by atoms with E-state index in [9.17, 15) is 5.11 Å². The summed E-state index contributed by atoms with van der Waals surface area (Å²) in [5.41, 5.74) is 5.02. The van der Waals surface area contributed by atoms with Crippen molar-refractivity contribution in [2.45, 2.75) is 65.9 Å². The molecule has 1 radical (unpaired) electrons. The molecule has 0 fully saturated rings. The van der Waals surface area contributed by atoms with Crippen molar-refractivity contribution in [1.82, 2.24) is 0 Å². The van der Waals surface area contributed by atoms with Crippen LogP contribution in [0.1, 0.15) is 63.6 Å². The number of benzene rings is 2. The normalized spacial score (nSPS) is 12.3. The van der Waals surface area contributed by atoms with E-state index in [4.69, 9.17) is 12.4 Å². The first-order chi connectivity index (χ1) is 14.8. The molecular weight excluding hydrogens is 381 g/mol. The molecule has 0 spiro atoms. The summed E-state index contributed by atoms with van der Waals surface area (Å²) in [5, 5.41) is 10.6. The zero-order chi connectivity index (χ0) is 22.9. The Hall–Kier alpha value is -2.98. The topological polar surface area (TPSA) is 41.8 Å². The third-order valence-electron chi connectivity index (χ3n) is 5.11. The Morgan fingerprint density at radius 3 is 2.58 bits per heavy atom. The number of unbranched alkanes of at least 4 members (excludes halogenated alkanes) is 2. The fraction of sp³-hybridized carbons (Fsp3) is 0.407. The van der Waals surface area contributed by atoms with Crippen LogP contribution < -0.4 is 4.74 Å². The molecule has 0 amide bonds. The van der Waals surface area contributed by atoms with Crippen LogP contribution in [0.5, 0.6) is 11.5 Å². The summed E-state index contributed by atoms with van der Waals surface area (Å²) in [7, 11) is 4.79. The Labute approximate surface area is 188 Å². The first-order valence-corrected chi connectivity index (χ1v) is 10.8. The van der Waals surface area contributed by atoms with Gasteiger partial charge in [0.25, 0.3) is 0 Å². The van der Waals surface area contributed by atoms with Gasteiger partial charge in [0.05, 0.1) is 5.56 Å². The average molecular weight is 412 g/mol. The third-order valence-corrected chi connectivity index (χ3v) is 5.11. The van der Waals surface area contributed by atoms with Crippen LogP contribution in [0.4, 0.5) is 0 Å². The van der Waals surface area contributed by atoms with E-state index < -0.39 is 0 Å². The Kier molecular flexibility index (Phi) is 8.95. The summed E-state index contributed by atoms with van der Waals surface area (Å²) < 4.78 is 6.25. The number of phenolic OH excluding ortho intramolecular Hbond substituents is 1. The molecule has 1 heterocycles. The van der Waals surface area contributed by atoms with Crippen molar-refractivity contribution in [2.24, 2.45) is 4.90 Å². The summed E-state index contributed by atoms with van der Waals surface area (Å²) in [6.45, 7) is 10.6. The number of hydrogen-bond donors (Lipinski definition) is 1. The number of nitrogens with zero attached hydrogens (tertiary/aromatic N) is 1. The monoisotopic (exact) mass is 412 g/mol. The molecule has 0 atom stereocenters. The number of aryl methyl sites for hydroxylation is 2. The van der Waals surface area contributed by atoms with Crippen LogP contribution in [0.3, 0.4) is 0 Å². The molecule has 3 rings (SSSR count). The number of rotatable bonds is 5. The number of ether oxygens (including phenoxy) is 1. The van der Waals surface area contributed by atoms with E-state index in [1.54, 1.807) is 6.92 Å². The minimum absolute atomic E-state index is 0.330. The SMILES string of the molecule is CCCCCc1cc(O)c2c(c1)OC(C)(C)c1ccc(C)cc1-2.[B]=NCC#CC#CC. The molecule has 2 aromatic rings.